The predicted octanol–water partition coefficient (Wildman–Crippen LogP) is 2.85. The zero-order valence-corrected chi connectivity index (χ0v) is 9.36. The molecule has 4 heteroatoms. The molecule has 1 aromatic heterocycles. The molecule has 1 saturated carbocycles. The zero-order chi connectivity index (χ0) is 10.6. The van der Waals surface area contributed by atoms with Gasteiger partial charge in [0, 0.05) is 11.9 Å². The Kier molecular flexibility index (Phi) is 1.83. The van der Waals surface area contributed by atoms with E-state index in [4.69, 9.17) is 0 Å². The molecular formula is C11H13NO2S. The molecule has 3 nitrogen and oxygen atoms in total. The SMILES string of the molecule is CNc1sc2c(c1C(=O)O)C1CCC2C1. The van der Waals surface area contributed by atoms with Gasteiger partial charge in [-0.2, -0.15) is 0 Å². The van der Waals surface area contributed by atoms with Crippen molar-refractivity contribution in [1.82, 2.24) is 0 Å². The molecule has 15 heavy (non-hydrogen) atoms. The summed E-state index contributed by atoms with van der Waals surface area (Å²) in [7, 11) is 1.80. The Bertz CT molecular complexity index is 438. The maximum absolute atomic E-state index is 11.2. The normalized spacial score (nSPS) is 26.7. The Hall–Kier alpha value is -1.03. The van der Waals surface area contributed by atoms with E-state index >= 15 is 0 Å². The second kappa shape index (κ2) is 2.98. The van der Waals surface area contributed by atoms with Crippen molar-refractivity contribution in [2.45, 2.75) is 31.1 Å². The van der Waals surface area contributed by atoms with Gasteiger partial charge in [0.25, 0.3) is 0 Å². The number of fused-ring (bicyclic) bond motifs is 5. The minimum Gasteiger partial charge on any atom is -0.478 e. The summed E-state index contributed by atoms with van der Waals surface area (Å²) < 4.78 is 0. The first-order chi connectivity index (χ1) is 7.22. The van der Waals surface area contributed by atoms with Crippen molar-refractivity contribution in [3.05, 3.63) is 16.0 Å². The lowest BCUT2D eigenvalue weighted by Gasteiger charge is -2.10. The molecule has 0 saturated heterocycles. The molecular weight excluding hydrogens is 210 g/mol. The summed E-state index contributed by atoms with van der Waals surface area (Å²) in [5.41, 5.74) is 1.69. The van der Waals surface area contributed by atoms with Crippen molar-refractivity contribution >= 4 is 22.3 Å². The van der Waals surface area contributed by atoms with Crippen LogP contribution < -0.4 is 5.32 Å². The van der Waals surface area contributed by atoms with Crippen molar-refractivity contribution in [2.75, 3.05) is 12.4 Å². The van der Waals surface area contributed by atoms with E-state index < -0.39 is 5.97 Å². The van der Waals surface area contributed by atoms with Gasteiger partial charge in [-0.1, -0.05) is 0 Å². The summed E-state index contributed by atoms with van der Waals surface area (Å²) >= 11 is 1.65. The third kappa shape index (κ3) is 1.08. The topological polar surface area (TPSA) is 49.3 Å². The van der Waals surface area contributed by atoms with Gasteiger partial charge < -0.3 is 10.4 Å². The number of rotatable bonds is 2. The van der Waals surface area contributed by atoms with Crippen molar-refractivity contribution in [3.8, 4) is 0 Å². The van der Waals surface area contributed by atoms with Crippen LogP contribution in [-0.2, 0) is 0 Å². The number of anilines is 1. The van der Waals surface area contributed by atoms with Gasteiger partial charge in [0.15, 0.2) is 0 Å². The number of hydrogen-bond acceptors (Lipinski definition) is 3. The van der Waals surface area contributed by atoms with E-state index in [0.717, 1.165) is 10.6 Å². The number of aromatic carboxylic acids is 1. The fourth-order valence-electron chi connectivity index (χ4n) is 3.04. The van der Waals surface area contributed by atoms with Gasteiger partial charge in [-0.25, -0.2) is 4.79 Å². The van der Waals surface area contributed by atoms with E-state index in [2.05, 4.69) is 5.32 Å². The summed E-state index contributed by atoms with van der Waals surface area (Å²) in [5.74, 6) is 0.397. The predicted molar refractivity (Wildman–Crippen MR) is 60.2 cm³/mol. The van der Waals surface area contributed by atoms with Crippen LogP contribution in [0, 0.1) is 0 Å². The summed E-state index contributed by atoms with van der Waals surface area (Å²) in [6.45, 7) is 0. The Morgan fingerprint density at radius 2 is 2.20 bits per heavy atom. The van der Waals surface area contributed by atoms with Crippen LogP contribution in [0.15, 0.2) is 0 Å². The van der Waals surface area contributed by atoms with E-state index in [1.165, 1.54) is 24.1 Å². The van der Waals surface area contributed by atoms with Crippen LogP contribution in [0.4, 0.5) is 5.00 Å². The molecule has 2 N–H and O–H groups in total. The standard InChI is InChI=1S/C11H13NO2S/c1-12-10-8(11(13)14)7-5-2-3-6(4-5)9(7)15-10/h5-6,12H,2-4H2,1H3,(H,13,14). The van der Waals surface area contributed by atoms with Crippen LogP contribution in [0.2, 0.25) is 0 Å². The molecule has 1 heterocycles. The fourth-order valence-corrected chi connectivity index (χ4v) is 4.42. The van der Waals surface area contributed by atoms with E-state index in [9.17, 15) is 9.90 Å². The van der Waals surface area contributed by atoms with Gasteiger partial charge in [0.1, 0.15) is 5.00 Å². The van der Waals surface area contributed by atoms with Crippen molar-refractivity contribution in [3.63, 3.8) is 0 Å². The molecule has 0 aliphatic heterocycles. The summed E-state index contributed by atoms with van der Waals surface area (Å²) in [4.78, 5) is 12.6. The van der Waals surface area contributed by atoms with Gasteiger partial charge in [0.2, 0.25) is 0 Å². The lowest BCUT2D eigenvalue weighted by Crippen LogP contribution is -2.05. The molecule has 80 valence electrons. The van der Waals surface area contributed by atoms with Crippen molar-refractivity contribution in [2.24, 2.45) is 0 Å². The highest BCUT2D eigenvalue weighted by molar-refractivity contribution is 7.16. The molecule has 2 bridgehead atoms. The van der Waals surface area contributed by atoms with E-state index in [1.54, 1.807) is 18.4 Å². The summed E-state index contributed by atoms with van der Waals surface area (Å²) in [6, 6.07) is 0. The maximum atomic E-state index is 11.2. The minimum absolute atomic E-state index is 0.523. The van der Waals surface area contributed by atoms with Gasteiger partial charge in [-0.3, -0.25) is 0 Å². The number of carbonyl (C=O) groups is 1. The van der Waals surface area contributed by atoms with Crippen molar-refractivity contribution < 1.29 is 9.90 Å². The lowest BCUT2D eigenvalue weighted by molar-refractivity contribution is 0.0697. The Balaban J connectivity index is 2.21. The maximum Gasteiger partial charge on any atom is 0.339 e. The largest absolute Gasteiger partial charge is 0.478 e. The monoisotopic (exact) mass is 223 g/mol. The van der Waals surface area contributed by atoms with E-state index in [1.807, 2.05) is 0 Å². The average molecular weight is 223 g/mol. The van der Waals surface area contributed by atoms with Crippen LogP contribution >= 0.6 is 11.3 Å². The molecule has 0 aromatic carbocycles. The van der Waals surface area contributed by atoms with Gasteiger partial charge in [-0.05, 0) is 36.7 Å². The molecule has 3 rings (SSSR count). The third-order valence-corrected chi connectivity index (χ3v) is 5.01. The number of thiophene rings is 1. The second-order valence-corrected chi connectivity index (χ2v) is 5.40. The molecule has 0 spiro atoms. The number of nitrogens with one attached hydrogen (secondary N) is 1. The molecule has 2 aliphatic carbocycles. The highest BCUT2D eigenvalue weighted by Gasteiger charge is 2.42. The van der Waals surface area contributed by atoms with Gasteiger partial charge >= 0.3 is 5.97 Å². The van der Waals surface area contributed by atoms with Crippen LogP contribution in [0.3, 0.4) is 0 Å². The zero-order valence-electron chi connectivity index (χ0n) is 8.54. The molecule has 2 atom stereocenters. The molecule has 1 aromatic rings. The van der Waals surface area contributed by atoms with Gasteiger partial charge in [-0.15, -0.1) is 11.3 Å². The Morgan fingerprint density at radius 1 is 1.47 bits per heavy atom. The molecule has 1 fully saturated rings. The number of hydrogen-bond donors (Lipinski definition) is 2. The number of carboxylic acids is 1. The van der Waals surface area contributed by atoms with E-state index in [-0.39, 0.29) is 0 Å². The van der Waals surface area contributed by atoms with Crippen molar-refractivity contribution in [1.29, 1.82) is 0 Å². The smallest absolute Gasteiger partial charge is 0.339 e. The first-order valence-corrected chi connectivity index (χ1v) is 6.11. The second-order valence-electron chi connectivity index (χ2n) is 4.35. The molecule has 2 unspecified atom stereocenters. The number of carboxylic acid groups (broad SMARTS) is 1. The fraction of sp³-hybridized carbons (Fsp3) is 0.545. The summed E-state index contributed by atoms with van der Waals surface area (Å²) in [5, 5.41) is 13.1. The van der Waals surface area contributed by atoms with Crippen LogP contribution in [-0.4, -0.2) is 18.1 Å². The highest BCUT2D eigenvalue weighted by Crippen LogP contribution is 2.58. The first-order valence-electron chi connectivity index (χ1n) is 5.30. The summed E-state index contributed by atoms with van der Waals surface area (Å²) in [6.07, 6.45) is 3.61. The quantitative estimate of drug-likeness (QED) is 0.810. The molecule has 0 radical (unpaired) electrons. The van der Waals surface area contributed by atoms with E-state index in [0.29, 0.717) is 17.4 Å². The third-order valence-electron chi connectivity index (χ3n) is 3.63. The van der Waals surface area contributed by atoms with Crippen LogP contribution in [0.25, 0.3) is 0 Å². The lowest BCUT2D eigenvalue weighted by atomic mass is 9.95. The molecule has 2 aliphatic rings. The van der Waals surface area contributed by atoms with Crippen LogP contribution in [0.1, 0.15) is 51.9 Å². The first kappa shape index (κ1) is 9.21. The van der Waals surface area contributed by atoms with Crippen LogP contribution in [0.5, 0.6) is 0 Å². The average Bonchev–Trinajstić information content (AvgIpc) is 2.87. The molecule has 0 amide bonds. The highest BCUT2D eigenvalue weighted by atomic mass is 32.1. The Labute approximate surface area is 92.1 Å². The minimum atomic E-state index is -0.774. The van der Waals surface area contributed by atoms with Gasteiger partial charge in [0.05, 0.1) is 5.56 Å². The Morgan fingerprint density at radius 3 is 2.87 bits per heavy atom.